The molecule has 1 aliphatic heterocycles. The number of nitrogens with zero attached hydrogens (tertiary/aromatic N) is 3. The number of amides is 1. The van der Waals surface area contributed by atoms with E-state index in [0.29, 0.717) is 11.3 Å². The Hall–Kier alpha value is -2.91. The van der Waals surface area contributed by atoms with Crippen LogP contribution >= 0.6 is 11.3 Å². The third kappa shape index (κ3) is 3.39. The molecule has 0 aliphatic carbocycles. The Bertz CT molecular complexity index is 950. The number of piperidine rings is 1. The van der Waals surface area contributed by atoms with Gasteiger partial charge in [0.15, 0.2) is 5.13 Å². The third-order valence-electron chi connectivity index (χ3n) is 4.68. The van der Waals surface area contributed by atoms with Gasteiger partial charge in [0.25, 0.3) is 0 Å². The molecule has 5 nitrogen and oxygen atoms in total. The summed E-state index contributed by atoms with van der Waals surface area (Å²) in [5.41, 5.74) is 2.26. The Morgan fingerprint density at radius 1 is 1.19 bits per heavy atom. The van der Waals surface area contributed by atoms with Crippen LogP contribution in [0, 0.1) is 17.2 Å². The first-order valence-electron chi connectivity index (χ1n) is 8.64. The molecule has 0 spiro atoms. The number of anilines is 2. The van der Waals surface area contributed by atoms with Gasteiger partial charge < -0.3 is 10.2 Å². The summed E-state index contributed by atoms with van der Waals surface area (Å²) in [5, 5.41) is 12.9. The molecule has 4 rings (SSSR count). The number of carbonyl (C=O) groups excluding carboxylic acids is 1. The maximum Gasteiger partial charge on any atom is 0.227 e. The van der Waals surface area contributed by atoms with Crippen LogP contribution in [0.4, 0.5) is 10.8 Å². The van der Waals surface area contributed by atoms with E-state index in [1.54, 1.807) is 29.5 Å². The molecule has 2 heterocycles. The van der Waals surface area contributed by atoms with E-state index in [1.165, 1.54) is 4.70 Å². The lowest BCUT2D eigenvalue weighted by Gasteiger charge is -2.31. The van der Waals surface area contributed by atoms with Crippen molar-refractivity contribution in [1.29, 1.82) is 5.26 Å². The van der Waals surface area contributed by atoms with E-state index in [-0.39, 0.29) is 11.8 Å². The lowest BCUT2D eigenvalue weighted by molar-refractivity contribution is -0.120. The van der Waals surface area contributed by atoms with Crippen LogP contribution in [-0.4, -0.2) is 24.0 Å². The molecule has 3 aromatic rings. The monoisotopic (exact) mass is 362 g/mol. The molecule has 1 aliphatic rings. The van der Waals surface area contributed by atoms with Crippen molar-refractivity contribution >= 4 is 38.3 Å². The number of para-hydroxylation sites is 1. The van der Waals surface area contributed by atoms with Crippen molar-refractivity contribution < 1.29 is 4.79 Å². The predicted octanol–water partition coefficient (Wildman–Crippen LogP) is 4.02. The van der Waals surface area contributed by atoms with Crippen LogP contribution < -0.4 is 10.2 Å². The quantitative estimate of drug-likeness (QED) is 0.764. The fourth-order valence-corrected chi connectivity index (χ4v) is 4.26. The molecule has 1 saturated heterocycles. The van der Waals surface area contributed by atoms with Gasteiger partial charge in [-0.15, -0.1) is 0 Å². The first-order chi connectivity index (χ1) is 12.7. The van der Waals surface area contributed by atoms with E-state index in [1.807, 2.05) is 24.3 Å². The number of hydrogen-bond acceptors (Lipinski definition) is 5. The summed E-state index contributed by atoms with van der Waals surface area (Å²) in [7, 11) is 0. The van der Waals surface area contributed by atoms with Crippen LogP contribution in [0.3, 0.4) is 0 Å². The number of nitriles is 1. The number of thiazole rings is 1. The number of benzene rings is 2. The van der Waals surface area contributed by atoms with Crippen molar-refractivity contribution in [3.63, 3.8) is 0 Å². The molecule has 2 aromatic carbocycles. The number of aromatic nitrogens is 1. The highest BCUT2D eigenvalue weighted by Crippen LogP contribution is 2.31. The van der Waals surface area contributed by atoms with Crippen LogP contribution in [0.1, 0.15) is 18.4 Å². The van der Waals surface area contributed by atoms with Crippen molar-refractivity contribution in [2.75, 3.05) is 23.3 Å². The minimum absolute atomic E-state index is 0.00799. The van der Waals surface area contributed by atoms with Gasteiger partial charge in [0.1, 0.15) is 0 Å². The number of hydrogen-bond donors (Lipinski definition) is 1. The molecular formula is C20H18N4OS. The summed E-state index contributed by atoms with van der Waals surface area (Å²) in [4.78, 5) is 19.5. The van der Waals surface area contributed by atoms with Gasteiger partial charge in [0.05, 0.1) is 21.8 Å². The first-order valence-corrected chi connectivity index (χ1v) is 9.46. The molecular weight excluding hydrogens is 344 g/mol. The van der Waals surface area contributed by atoms with Gasteiger partial charge in [-0.05, 0) is 43.2 Å². The van der Waals surface area contributed by atoms with Crippen molar-refractivity contribution in [3.8, 4) is 6.07 Å². The van der Waals surface area contributed by atoms with Crippen molar-refractivity contribution in [1.82, 2.24) is 4.98 Å². The van der Waals surface area contributed by atoms with Crippen LogP contribution in [0.15, 0.2) is 48.5 Å². The Morgan fingerprint density at radius 3 is 2.77 bits per heavy atom. The van der Waals surface area contributed by atoms with E-state index in [4.69, 9.17) is 10.2 Å². The zero-order valence-electron chi connectivity index (χ0n) is 14.2. The SMILES string of the molecule is N#Cc1cccc(NC(=O)C2CCN(c3nc4ccccc4s3)CC2)c1. The minimum Gasteiger partial charge on any atom is -0.348 e. The molecule has 1 fully saturated rings. The van der Waals surface area contributed by atoms with E-state index in [0.717, 1.165) is 36.6 Å². The molecule has 1 aromatic heterocycles. The first kappa shape index (κ1) is 16.6. The minimum atomic E-state index is -0.00799. The fourth-order valence-electron chi connectivity index (χ4n) is 3.24. The van der Waals surface area contributed by atoms with Gasteiger partial charge in [-0.1, -0.05) is 29.5 Å². The molecule has 0 atom stereocenters. The largest absolute Gasteiger partial charge is 0.348 e. The Kier molecular flexibility index (Phi) is 4.55. The number of nitrogens with one attached hydrogen (secondary N) is 1. The topological polar surface area (TPSA) is 69.0 Å². The fraction of sp³-hybridized carbons (Fsp3) is 0.250. The average Bonchev–Trinajstić information content (AvgIpc) is 3.12. The lowest BCUT2D eigenvalue weighted by Crippen LogP contribution is -2.38. The maximum atomic E-state index is 12.5. The molecule has 130 valence electrons. The summed E-state index contributed by atoms with van der Waals surface area (Å²) in [6, 6.07) is 17.3. The van der Waals surface area contributed by atoms with Crippen molar-refractivity contribution in [2.24, 2.45) is 5.92 Å². The Balaban J connectivity index is 1.38. The Morgan fingerprint density at radius 2 is 2.00 bits per heavy atom. The Labute approximate surface area is 155 Å². The third-order valence-corrected chi connectivity index (χ3v) is 5.78. The summed E-state index contributed by atoms with van der Waals surface area (Å²) in [6.07, 6.45) is 1.61. The smallest absolute Gasteiger partial charge is 0.227 e. The highest BCUT2D eigenvalue weighted by atomic mass is 32.1. The zero-order chi connectivity index (χ0) is 17.9. The molecule has 6 heteroatoms. The maximum absolute atomic E-state index is 12.5. The number of fused-ring (bicyclic) bond motifs is 1. The molecule has 1 amide bonds. The average molecular weight is 362 g/mol. The summed E-state index contributed by atoms with van der Waals surface area (Å²) in [5.74, 6) is 0.0235. The van der Waals surface area contributed by atoms with Gasteiger partial charge in [-0.2, -0.15) is 5.26 Å². The van der Waals surface area contributed by atoms with E-state index < -0.39 is 0 Å². The van der Waals surface area contributed by atoms with Gasteiger partial charge in [0, 0.05) is 24.7 Å². The van der Waals surface area contributed by atoms with Gasteiger partial charge in [-0.3, -0.25) is 4.79 Å². The van der Waals surface area contributed by atoms with Crippen molar-refractivity contribution in [2.45, 2.75) is 12.8 Å². The normalized spacial score (nSPS) is 15.0. The van der Waals surface area contributed by atoms with Gasteiger partial charge in [-0.25, -0.2) is 4.98 Å². The molecule has 1 N–H and O–H groups in total. The second-order valence-electron chi connectivity index (χ2n) is 6.41. The summed E-state index contributed by atoms with van der Waals surface area (Å²) >= 11 is 1.70. The lowest BCUT2D eigenvalue weighted by atomic mass is 9.96. The zero-order valence-corrected chi connectivity index (χ0v) is 15.0. The predicted molar refractivity (Wildman–Crippen MR) is 104 cm³/mol. The van der Waals surface area contributed by atoms with E-state index >= 15 is 0 Å². The van der Waals surface area contributed by atoms with Crippen LogP contribution in [0.2, 0.25) is 0 Å². The van der Waals surface area contributed by atoms with Crippen molar-refractivity contribution in [3.05, 3.63) is 54.1 Å². The van der Waals surface area contributed by atoms with Crippen LogP contribution in [-0.2, 0) is 4.79 Å². The molecule has 0 radical (unpaired) electrons. The second-order valence-corrected chi connectivity index (χ2v) is 7.42. The number of rotatable bonds is 3. The van der Waals surface area contributed by atoms with Crippen LogP contribution in [0.5, 0.6) is 0 Å². The van der Waals surface area contributed by atoms with E-state index in [2.05, 4.69) is 22.4 Å². The highest BCUT2D eigenvalue weighted by molar-refractivity contribution is 7.22. The van der Waals surface area contributed by atoms with Gasteiger partial charge in [0.2, 0.25) is 5.91 Å². The molecule has 0 saturated carbocycles. The summed E-state index contributed by atoms with van der Waals surface area (Å²) in [6.45, 7) is 1.66. The second kappa shape index (κ2) is 7.14. The van der Waals surface area contributed by atoms with Crippen LogP contribution in [0.25, 0.3) is 10.2 Å². The molecule has 0 unspecified atom stereocenters. The standard InChI is InChI=1S/C20H18N4OS/c21-13-14-4-3-5-16(12-14)22-19(25)15-8-10-24(11-9-15)20-23-17-6-1-2-7-18(17)26-20/h1-7,12,15H,8-11H2,(H,22,25). The van der Waals surface area contributed by atoms with Gasteiger partial charge >= 0.3 is 0 Å². The summed E-state index contributed by atoms with van der Waals surface area (Å²) < 4.78 is 1.19. The highest BCUT2D eigenvalue weighted by Gasteiger charge is 2.26. The molecule has 0 bridgehead atoms. The number of carbonyl (C=O) groups is 1. The molecule has 26 heavy (non-hydrogen) atoms. The van der Waals surface area contributed by atoms with E-state index in [9.17, 15) is 4.79 Å².